The van der Waals surface area contributed by atoms with Gasteiger partial charge in [-0.3, -0.25) is 0 Å². The van der Waals surface area contributed by atoms with Gasteiger partial charge < -0.3 is 0 Å². The van der Waals surface area contributed by atoms with Crippen molar-refractivity contribution >= 4 is 17.5 Å². The monoisotopic (exact) mass is 205 g/mol. The van der Waals surface area contributed by atoms with E-state index in [4.69, 9.17) is 16.9 Å². The number of rotatable bonds is 3. The SMILES string of the molecule is N#CC(=C=O)CCc1ccc(Cl)cc1. The number of nitriles is 1. The van der Waals surface area contributed by atoms with Crippen LogP contribution >= 0.6 is 11.6 Å². The fourth-order valence-electron chi connectivity index (χ4n) is 1.05. The molecule has 0 N–H and O–H groups in total. The van der Waals surface area contributed by atoms with Crippen LogP contribution in [0, 0.1) is 11.3 Å². The topological polar surface area (TPSA) is 40.9 Å². The molecule has 1 rings (SSSR count). The van der Waals surface area contributed by atoms with Gasteiger partial charge in [-0.25, -0.2) is 4.79 Å². The smallest absolute Gasteiger partial charge is 0.139 e. The Hall–Kier alpha value is -1.55. The van der Waals surface area contributed by atoms with Crippen molar-refractivity contribution < 1.29 is 4.79 Å². The van der Waals surface area contributed by atoms with Gasteiger partial charge in [0.2, 0.25) is 0 Å². The number of carbonyl (C=O) groups excluding carboxylic acids is 1. The molecule has 0 aliphatic heterocycles. The molecule has 0 amide bonds. The van der Waals surface area contributed by atoms with Crippen LogP contribution in [0.15, 0.2) is 29.8 Å². The molecule has 14 heavy (non-hydrogen) atoms. The second-order valence-electron chi connectivity index (χ2n) is 2.82. The Morgan fingerprint density at radius 1 is 1.36 bits per heavy atom. The molecule has 0 aliphatic rings. The van der Waals surface area contributed by atoms with Crippen molar-refractivity contribution in [3.8, 4) is 6.07 Å². The van der Waals surface area contributed by atoms with E-state index in [1.54, 1.807) is 24.1 Å². The fraction of sp³-hybridized carbons (Fsp3) is 0.182. The first kappa shape index (κ1) is 10.5. The van der Waals surface area contributed by atoms with Crippen molar-refractivity contribution in [2.24, 2.45) is 0 Å². The first-order chi connectivity index (χ1) is 6.76. The summed E-state index contributed by atoms with van der Waals surface area (Å²) in [5.74, 6) is 1.61. The van der Waals surface area contributed by atoms with Gasteiger partial charge in [-0.05, 0) is 30.5 Å². The first-order valence-electron chi connectivity index (χ1n) is 4.15. The molecular weight excluding hydrogens is 198 g/mol. The van der Waals surface area contributed by atoms with Gasteiger partial charge in [-0.1, -0.05) is 23.7 Å². The molecule has 0 fully saturated rings. The maximum absolute atomic E-state index is 10.2. The molecule has 0 aromatic heterocycles. The summed E-state index contributed by atoms with van der Waals surface area (Å²) in [6, 6.07) is 9.13. The lowest BCUT2D eigenvalue weighted by Gasteiger charge is -1.98. The van der Waals surface area contributed by atoms with E-state index in [1.807, 2.05) is 12.1 Å². The Bertz CT molecular complexity index is 396. The van der Waals surface area contributed by atoms with E-state index >= 15 is 0 Å². The van der Waals surface area contributed by atoms with Gasteiger partial charge in [0.1, 0.15) is 17.6 Å². The Morgan fingerprint density at radius 3 is 2.50 bits per heavy atom. The third kappa shape index (κ3) is 3.06. The number of hydrogen-bond acceptors (Lipinski definition) is 2. The highest BCUT2D eigenvalue weighted by Gasteiger charge is 1.98. The van der Waals surface area contributed by atoms with Crippen LogP contribution in [-0.2, 0) is 11.2 Å². The summed E-state index contributed by atoms with van der Waals surface area (Å²) in [6.45, 7) is 0. The lowest BCUT2D eigenvalue weighted by Crippen LogP contribution is -1.87. The lowest BCUT2D eigenvalue weighted by atomic mass is 10.1. The third-order valence-corrected chi connectivity index (χ3v) is 2.09. The zero-order valence-corrected chi connectivity index (χ0v) is 8.21. The maximum Gasteiger partial charge on any atom is 0.139 e. The molecule has 0 aliphatic carbocycles. The van der Waals surface area contributed by atoms with Crippen molar-refractivity contribution in [2.45, 2.75) is 12.8 Å². The van der Waals surface area contributed by atoms with Crippen molar-refractivity contribution in [3.63, 3.8) is 0 Å². The van der Waals surface area contributed by atoms with Crippen LogP contribution in [0.25, 0.3) is 0 Å². The molecule has 0 saturated heterocycles. The summed E-state index contributed by atoms with van der Waals surface area (Å²) in [5.41, 5.74) is 1.21. The Kier molecular flexibility index (Phi) is 3.94. The highest BCUT2D eigenvalue weighted by atomic mass is 35.5. The molecule has 70 valence electrons. The predicted molar refractivity (Wildman–Crippen MR) is 54.6 cm³/mol. The van der Waals surface area contributed by atoms with Gasteiger partial charge in [0.15, 0.2) is 0 Å². The highest BCUT2D eigenvalue weighted by molar-refractivity contribution is 6.30. The molecule has 1 aromatic rings. The second kappa shape index (κ2) is 5.24. The normalized spacial score (nSPS) is 8.86. The molecule has 0 bridgehead atoms. The minimum atomic E-state index is 0.153. The lowest BCUT2D eigenvalue weighted by molar-refractivity contribution is 0.567. The van der Waals surface area contributed by atoms with Crippen molar-refractivity contribution in [3.05, 3.63) is 40.4 Å². The second-order valence-corrected chi connectivity index (χ2v) is 3.26. The van der Waals surface area contributed by atoms with E-state index < -0.39 is 0 Å². The van der Waals surface area contributed by atoms with Gasteiger partial charge in [0.05, 0.1) is 0 Å². The summed E-state index contributed by atoms with van der Waals surface area (Å²) in [5, 5.41) is 9.16. The Balaban J connectivity index is 2.59. The molecule has 2 nitrogen and oxygen atoms in total. The van der Waals surface area contributed by atoms with Crippen molar-refractivity contribution in [1.82, 2.24) is 0 Å². The number of hydrogen-bond donors (Lipinski definition) is 0. The van der Waals surface area contributed by atoms with E-state index in [0.717, 1.165) is 5.56 Å². The van der Waals surface area contributed by atoms with E-state index in [2.05, 4.69) is 0 Å². The van der Waals surface area contributed by atoms with Gasteiger partial charge >= 0.3 is 0 Å². The van der Waals surface area contributed by atoms with Crippen LogP contribution in [0.1, 0.15) is 12.0 Å². The molecule has 0 unspecified atom stereocenters. The minimum Gasteiger partial charge on any atom is -0.232 e. The number of halogens is 1. The van der Waals surface area contributed by atoms with Gasteiger partial charge in [0.25, 0.3) is 0 Å². The van der Waals surface area contributed by atoms with Crippen LogP contribution in [0.3, 0.4) is 0 Å². The number of allylic oxidation sites excluding steroid dienone is 1. The van der Waals surface area contributed by atoms with Crippen LogP contribution < -0.4 is 0 Å². The standard InChI is InChI=1S/C11H8ClNO/c12-11-5-3-9(4-6-11)1-2-10(7-13)8-14/h3-6H,1-2H2. The Morgan fingerprint density at radius 2 is 2.00 bits per heavy atom. The van der Waals surface area contributed by atoms with Crippen molar-refractivity contribution in [2.75, 3.05) is 0 Å². The quantitative estimate of drug-likeness (QED) is 0.562. The average molecular weight is 206 g/mol. The first-order valence-corrected chi connectivity index (χ1v) is 4.52. The molecule has 0 atom stereocenters. The van der Waals surface area contributed by atoms with E-state index in [9.17, 15) is 4.79 Å². The van der Waals surface area contributed by atoms with Crippen LogP contribution in [-0.4, -0.2) is 5.94 Å². The molecular formula is C11H8ClNO. The number of aryl methyl sites for hydroxylation is 1. The number of nitrogens with zero attached hydrogens (tertiary/aromatic N) is 1. The highest BCUT2D eigenvalue weighted by Crippen LogP contribution is 2.12. The molecule has 0 heterocycles. The van der Waals surface area contributed by atoms with E-state index in [-0.39, 0.29) is 5.57 Å². The summed E-state index contributed by atoms with van der Waals surface area (Å²) in [7, 11) is 0. The third-order valence-electron chi connectivity index (χ3n) is 1.84. The summed E-state index contributed by atoms with van der Waals surface area (Å²) in [6.07, 6.45) is 1.09. The van der Waals surface area contributed by atoms with Gasteiger partial charge in [-0.15, -0.1) is 0 Å². The number of benzene rings is 1. The molecule has 0 radical (unpaired) electrons. The zero-order chi connectivity index (χ0) is 10.4. The minimum absolute atomic E-state index is 0.153. The summed E-state index contributed by atoms with van der Waals surface area (Å²) >= 11 is 5.71. The van der Waals surface area contributed by atoms with Crippen LogP contribution in [0.2, 0.25) is 5.02 Å². The van der Waals surface area contributed by atoms with Gasteiger partial charge in [-0.2, -0.15) is 5.26 Å². The fourth-order valence-corrected chi connectivity index (χ4v) is 1.18. The molecule has 0 spiro atoms. The maximum atomic E-state index is 10.2. The molecule has 0 saturated carbocycles. The van der Waals surface area contributed by atoms with Crippen molar-refractivity contribution in [1.29, 1.82) is 5.26 Å². The Labute approximate surface area is 87.4 Å². The summed E-state index contributed by atoms with van der Waals surface area (Å²) in [4.78, 5) is 10.2. The van der Waals surface area contributed by atoms with Crippen LogP contribution in [0.5, 0.6) is 0 Å². The molecule has 1 aromatic carbocycles. The largest absolute Gasteiger partial charge is 0.232 e. The predicted octanol–water partition coefficient (Wildman–Crippen LogP) is 2.55. The van der Waals surface area contributed by atoms with E-state index in [0.29, 0.717) is 17.9 Å². The van der Waals surface area contributed by atoms with Gasteiger partial charge in [0, 0.05) is 5.02 Å². The van der Waals surface area contributed by atoms with E-state index in [1.165, 1.54) is 0 Å². The summed E-state index contributed by atoms with van der Waals surface area (Å²) < 4.78 is 0. The zero-order valence-electron chi connectivity index (χ0n) is 7.46. The average Bonchev–Trinajstić information content (AvgIpc) is 2.22. The van der Waals surface area contributed by atoms with Crippen LogP contribution in [0.4, 0.5) is 0 Å². The molecule has 3 heteroatoms.